The van der Waals surface area contributed by atoms with Crippen LogP contribution in [0.2, 0.25) is 0 Å². The number of halogens is 1. The number of nitrogens with one attached hydrogen (secondary N) is 2. The number of rotatable bonds is 4. The van der Waals surface area contributed by atoms with Crippen LogP contribution < -0.4 is 10.6 Å². The summed E-state index contributed by atoms with van der Waals surface area (Å²) in [5.41, 5.74) is -0.445. The Labute approximate surface area is 150 Å². The van der Waals surface area contributed by atoms with E-state index < -0.39 is 5.41 Å². The Hall–Kier alpha value is -0.180. The van der Waals surface area contributed by atoms with Crippen LogP contribution in [0.15, 0.2) is 4.99 Å². The topological polar surface area (TPSA) is 56.7 Å². The van der Waals surface area contributed by atoms with Gasteiger partial charge in [0.15, 0.2) is 5.96 Å². The summed E-state index contributed by atoms with van der Waals surface area (Å²) in [5.74, 6) is 2.08. The van der Waals surface area contributed by atoms with Gasteiger partial charge < -0.3 is 15.5 Å². The lowest BCUT2D eigenvalue weighted by molar-refractivity contribution is -0.128. The highest BCUT2D eigenvalue weighted by molar-refractivity contribution is 14.0. The zero-order valence-electron chi connectivity index (χ0n) is 13.7. The van der Waals surface area contributed by atoms with Gasteiger partial charge in [-0.1, -0.05) is 6.92 Å². The van der Waals surface area contributed by atoms with Crippen LogP contribution in [0.4, 0.5) is 0 Å². The van der Waals surface area contributed by atoms with Crippen LogP contribution in [0.3, 0.4) is 0 Å². The molecule has 7 heteroatoms. The lowest BCUT2D eigenvalue weighted by Crippen LogP contribution is -2.51. The number of thioether (sulfide) groups is 1. The first kappa shape index (κ1) is 20.8. The van der Waals surface area contributed by atoms with Crippen molar-refractivity contribution < 1.29 is 4.79 Å². The zero-order chi connectivity index (χ0) is 15.2. The standard InChI is InChI=1S/C14H28N4OS.HI/c1-6-11-9-18(7-8-20-11)13(16-5)17-10-14(2,3)12(19)15-4;/h11H,6-10H2,1-5H3,(H,15,19)(H,16,17);1H. The Bertz CT molecular complexity index is 363. The quantitative estimate of drug-likeness (QED) is 0.407. The van der Waals surface area contributed by atoms with Crippen LogP contribution in [-0.2, 0) is 4.79 Å². The van der Waals surface area contributed by atoms with E-state index in [4.69, 9.17) is 0 Å². The molecular weight excluding hydrogens is 399 g/mol. The number of amides is 1. The van der Waals surface area contributed by atoms with Crippen molar-refractivity contribution in [1.29, 1.82) is 0 Å². The fourth-order valence-electron chi connectivity index (χ4n) is 2.21. The minimum atomic E-state index is -0.445. The highest BCUT2D eigenvalue weighted by Gasteiger charge is 2.28. The second kappa shape index (κ2) is 9.76. The molecule has 1 atom stereocenters. The molecule has 1 amide bonds. The molecule has 1 fully saturated rings. The molecule has 1 aliphatic heterocycles. The van der Waals surface area contributed by atoms with Crippen molar-refractivity contribution in [2.45, 2.75) is 32.4 Å². The van der Waals surface area contributed by atoms with Gasteiger partial charge in [0.05, 0.1) is 5.41 Å². The van der Waals surface area contributed by atoms with Crippen molar-refractivity contribution in [1.82, 2.24) is 15.5 Å². The third-order valence-corrected chi connectivity index (χ3v) is 5.01. The van der Waals surface area contributed by atoms with Crippen LogP contribution in [0.1, 0.15) is 27.2 Å². The van der Waals surface area contributed by atoms with Gasteiger partial charge in [0, 0.05) is 44.7 Å². The summed E-state index contributed by atoms with van der Waals surface area (Å²) in [4.78, 5) is 18.5. The first-order valence-electron chi connectivity index (χ1n) is 7.24. The lowest BCUT2D eigenvalue weighted by Gasteiger charge is -2.35. The van der Waals surface area contributed by atoms with Gasteiger partial charge in [-0.2, -0.15) is 11.8 Å². The summed E-state index contributed by atoms with van der Waals surface area (Å²) in [6, 6.07) is 0. The fraction of sp³-hybridized carbons (Fsp3) is 0.857. The maximum atomic E-state index is 11.8. The Morgan fingerprint density at radius 2 is 2.14 bits per heavy atom. The normalized spacial score (nSPS) is 19.8. The van der Waals surface area contributed by atoms with Crippen molar-refractivity contribution in [2.75, 3.05) is 39.5 Å². The van der Waals surface area contributed by atoms with Crippen molar-refractivity contribution in [3.63, 3.8) is 0 Å². The summed E-state index contributed by atoms with van der Waals surface area (Å²) < 4.78 is 0. The maximum Gasteiger partial charge on any atom is 0.227 e. The molecule has 0 bridgehead atoms. The van der Waals surface area contributed by atoms with Crippen LogP contribution in [0.5, 0.6) is 0 Å². The second-order valence-electron chi connectivity index (χ2n) is 5.71. The smallest absolute Gasteiger partial charge is 0.227 e. The van der Waals surface area contributed by atoms with Crippen molar-refractivity contribution >= 4 is 47.6 Å². The van der Waals surface area contributed by atoms with Crippen molar-refractivity contribution in [3.05, 3.63) is 0 Å². The number of carbonyl (C=O) groups excluding carboxylic acids is 1. The Morgan fingerprint density at radius 1 is 1.48 bits per heavy atom. The number of carbonyl (C=O) groups is 1. The first-order valence-corrected chi connectivity index (χ1v) is 8.28. The molecule has 1 saturated heterocycles. The minimum Gasteiger partial charge on any atom is -0.359 e. The van der Waals surface area contributed by atoms with E-state index in [1.165, 1.54) is 6.42 Å². The maximum absolute atomic E-state index is 11.8. The van der Waals surface area contributed by atoms with Gasteiger partial charge in [-0.05, 0) is 20.3 Å². The van der Waals surface area contributed by atoms with Gasteiger partial charge >= 0.3 is 0 Å². The van der Waals surface area contributed by atoms with Crippen molar-refractivity contribution in [3.8, 4) is 0 Å². The van der Waals surface area contributed by atoms with E-state index in [1.807, 2.05) is 25.6 Å². The Kier molecular flexibility index (Phi) is 9.68. The fourth-order valence-corrected chi connectivity index (χ4v) is 3.39. The Balaban J connectivity index is 0.00000400. The molecule has 0 radical (unpaired) electrons. The number of aliphatic imine (C=N–C) groups is 1. The average Bonchev–Trinajstić information content (AvgIpc) is 2.47. The molecule has 1 rings (SSSR count). The summed E-state index contributed by atoms with van der Waals surface area (Å²) in [7, 11) is 3.48. The Morgan fingerprint density at radius 3 is 2.67 bits per heavy atom. The molecule has 21 heavy (non-hydrogen) atoms. The van der Waals surface area contributed by atoms with Gasteiger partial charge in [0.1, 0.15) is 0 Å². The molecule has 2 N–H and O–H groups in total. The third kappa shape index (κ3) is 6.22. The van der Waals surface area contributed by atoms with E-state index in [1.54, 1.807) is 14.1 Å². The van der Waals surface area contributed by atoms with E-state index in [0.717, 1.165) is 24.8 Å². The van der Waals surface area contributed by atoms with Gasteiger partial charge in [0.2, 0.25) is 5.91 Å². The predicted octanol–water partition coefficient (Wildman–Crippen LogP) is 1.78. The number of hydrogen-bond donors (Lipinski definition) is 2. The van der Waals surface area contributed by atoms with E-state index in [-0.39, 0.29) is 29.9 Å². The molecule has 0 saturated carbocycles. The van der Waals surface area contributed by atoms with Crippen LogP contribution in [0, 0.1) is 5.41 Å². The van der Waals surface area contributed by atoms with Crippen LogP contribution in [-0.4, -0.2) is 61.5 Å². The molecular formula is C14H29IN4OS. The third-order valence-electron chi connectivity index (χ3n) is 3.64. The van der Waals surface area contributed by atoms with Gasteiger partial charge in [0.25, 0.3) is 0 Å². The van der Waals surface area contributed by atoms with E-state index >= 15 is 0 Å². The minimum absolute atomic E-state index is 0. The highest BCUT2D eigenvalue weighted by atomic mass is 127. The van der Waals surface area contributed by atoms with Gasteiger partial charge in [-0.3, -0.25) is 9.79 Å². The molecule has 0 aromatic carbocycles. The highest BCUT2D eigenvalue weighted by Crippen LogP contribution is 2.21. The van der Waals surface area contributed by atoms with Crippen molar-refractivity contribution in [2.24, 2.45) is 10.4 Å². The summed E-state index contributed by atoms with van der Waals surface area (Å²) in [6.45, 7) is 8.73. The van der Waals surface area contributed by atoms with Crippen LogP contribution >= 0.6 is 35.7 Å². The largest absolute Gasteiger partial charge is 0.359 e. The van der Waals surface area contributed by atoms with E-state index in [2.05, 4.69) is 27.4 Å². The molecule has 5 nitrogen and oxygen atoms in total. The SMILES string of the molecule is CCC1CN(C(=NC)NCC(C)(C)C(=O)NC)CCS1.I. The molecule has 0 aromatic heterocycles. The second-order valence-corrected chi connectivity index (χ2v) is 7.12. The zero-order valence-corrected chi connectivity index (χ0v) is 16.9. The molecule has 0 spiro atoms. The average molecular weight is 428 g/mol. The van der Waals surface area contributed by atoms with Gasteiger partial charge in [-0.25, -0.2) is 0 Å². The number of nitrogens with zero attached hydrogens (tertiary/aromatic N) is 2. The first-order chi connectivity index (χ1) is 9.44. The molecule has 124 valence electrons. The summed E-state index contributed by atoms with van der Waals surface area (Å²) >= 11 is 2.04. The number of hydrogen-bond acceptors (Lipinski definition) is 3. The molecule has 1 heterocycles. The molecule has 1 unspecified atom stereocenters. The van der Waals surface area contributed by atoms with Crippen LogP contribution in [0.25, 0.3) is 0 Å². The molecule has 0 aromatic rings. The molecule has 1 aliphatic rings. The monoisotopic (exact) mass is 428 g/mol. The number of guanidine groups is 1. The summed E-state index contributed by atoms with van der Waals surface area (Å²) in [5, 5.41) is 6.73. The molecule has 0 aliphatic carbocycles. The summed E-state index contributed by atoms with van der Waals surface area (Å²) in [6.07, 6.45) is 1.18. The van der Waals surface area contributed by atoms with E-state index in [9.17, 15) is 4.79 Å². The lowest BCUT2D eigenvalue weighted by atomic mass is 9.92. The predicted molar refractivity (Wildman–Crippen MR) is 103 cm³/mol. The van der Waals surface area contributed by atoms with Gasteiger partial charge in [-0.15, -0.1) is 24.0 Å². The van der Waals surface area contributed by atoms with E-state index in [0.29, 0.717) is 11.8 Å².